The number of benzene rings is 2. The van der Waals surface area contributed by atoms with Crippen LogP contribution in [0.25, 0.3) is 0 Å². The molecule has 1 amide bonds. The first kappa shape index (κ1) is 21.1. The summed E-state index contributed by atoms with van der Waals surface area (Å²) in [5.74, 6) is 0.517. The van der Waals surface area contributed by atoms with E-state index in [1.165, 1.54) is 37.7 Å². The van der Waals surface area contributed by atoms with Gasteiger partial charge in [0.05, 0.1) is 5.71 Å². The van der Waals surface area contributed by atoms with Crippen LogP contribution in [0.2, 0.25) is 0 Å². The zero-order chi connectivity index (χ0) is 20.6. The van der Waals surface area contributed by atoms with E-state index in [9.17, 15) is 4.79 Å². The van der Waals surface area contributed by atoms with Gasteiger partial charge in [-0.3, -0.25) is 4.79 Å². The fraction of sp³-hybridized carbons (Fsp3) is 0.440. The topological polar surface area (TPSA) is 44.7 Å². The molecule has 29 heavy (non-hydrogen) atoms. The summed E-state index contributed by atoms with van der Waals surface area (Å²) in [6.45, 7) is 8.09. The Bertz CT molecular complexity index is 814. The van der Waals surface area contributed by atoms with E-state index in [1.807, 2.05) is 31.2 Å². The molecule has 0 aliphatic heterocycles. The Labute approximate surface area is 175 Å². The van der Waals surface area contributed by atoms with Gasteiger partial charge in [-0.2, -0.15) is 5.10 Å². The van der Waals surface area contributed by atoms with Crippen LogP contribution in [0.4, 0.5) is 5.69 Å². The lowest BCUT2D eigenvalue weighted by molar-refractivity contribution is 0.0955. The van der Waals surface area contributed by atoms with Gasteiger partial charge in [0.2, 0.25) is 0 Å². The molecule has 0 bridgehead atoms. The summed E-state index contributed by atoms with van der Waals surface area (Å²) in [5, 5.41) is 4.31. The Morgan fingerprint density at radius 1 is 0.931 bits per heavy atom. The second kappa shape index (κ2) is 10.2. The molecule has 0 spiro atoms. The first-order chi connectivity index (χ1) is 14.1. The van der Waals surface area contributed by atoms with Crippen molar-refractivity contribution in [2.24, 2.45) is 5.10 Å². The Morgan fingerprint density at radius 3 is 2.10 bits per heavy atom. The molecule has 4 heteroatoms. The van der Waals surface area contributed by atoms with Crippen molar-refractivity contribution in [3.63, 3.8) is 0 Å². The van der Waals surface area contributed by atoms with E-state index in [4.69, 9.17) is 0 Å². The van der Waals surface area contributed by atoms with Crippen LogP contribution in [0.1, 0.15) is 80.3 Å². The Balaban J connectivity index is 1.60. The molecule has 0 radical (unpaired) electrons. The number of hydrogen-bond acceptors (Lipinski definition) is 3. The summed E-state index contributed by atoms with van der Waals surface area (Å²) in [5.41, 5.74) is 7.72. The number of amides is 1. The fourth-order valence-electron chi connectivity index (χ4n) is 4.11. The van der Waals surface area contributed by atoms with Gasteiger partial charge in [-0.05, 0) is 74.9 Å². The first-order valence-electron chi connectivity index (χ1n) is 10.9. The van der Waals surface area contributed by atoms with Crippen molar-refractivity contribution in [1.29, 1.82) is 0 Å². The second-order valence-corrected chi connectivity index (χ2v) is 7.81. The van der Waals surface area contributed by atoms with E-state index in [2.05, 4.69) is 53.5 Å². The molecule has 1 aliphatic carbocycles. The maximum Gasteiger partial charge on any atom is 0.271 e. The molecule has 0 saturated heterocycles. The SMILES string of the molecule is CCN(CC)c1ccc(C(=O)N/N=C(/C)c2ccc(C3CCCCC3)cc2)cc1. The van der Waals surface area contributed by atoms with Crippen LogP contribution in [-0.2, 0) is 0 Å². The number of carbonyl (C=O) groups excluding carboxylic acids is 1. The molecule has 2 aromatic carbocycles. The maximum absolute atomic E-state index is 12.4. The molecule has 1 saturated carbocycles. The average molecular weight is 392 g/mol. The molecule has 1 aliphatic rings. The summed E-state index contributed by atoms with van der Waals surface area (Å²) in [6, 6.07) is 16.4. The van der Waals surface area contributed by atoms with Crippen molar-refractivity contribution in [2.45, 2.75) is 58.8 Å². The number of nitrogens with zero attached hydrogens (tertiary/aromatic N) is 2. The van der Waals surface area contributed by atoms with Crippen molar-refractivity contribution >= 4 is 17.3 Å². The minimum atomic E-state index is -0.186. The highest BCUT2D eigenvalue weighted by atomic mass is 16.2. The zero-order valence-corrected chi connectivity index (χ0v) is 17.9. The van der Waals surface area contributed by atoms with Gasteiger partial charge >= 0.3 is 0 Å². The molecule has 4 nitrogen and oxygen atoms in total. The Hall–Kier alpha value is -2.62. The predicted molar refractivity (Wildman–Crippen MR) is 122 cm³/mol. The molecule has 0 atom stereocenters. The van der Waals surface area contributed by atoms with Gasteiger partial charge in [0.25, 0.3) is 5.91 Å². The molecular weight excluding hydrogens is 358 g/mol. The van der Waals surface area contributed by atoms with Gasteiger partial charge in [0, 0.05) is 24.3 Å². The molecule has 2 aromatic rings. The second-order valence-electron chi connectivity index (χ2n) is 7.81. The monoisotopic (exact) mass is 391 g/mol. The third-order valence-electron chi connectivity index (χ3n) is 5.99. The van der Waals surface area contributed by atoms with Crippen LogP contribution in [0.5, 0.6) is 0 Å². The minimum Gasteiger partial charge on any atom is -0.372 e. The van der Waals surface area contributed by atoms with Crippen molar-refractivity contribution in [3.8, 4) is 0 Å². The molecule has 0 heterocycles. The molecular formula is C25H33N3O. The summed E-state index contributed by atoms with van der Waals surface area (Å²) in [4.78, 5) is 14.7. The van der Waals surface area contributed by atoms with Crippen molar-refractivity contribution in [3.05, 3.63) is 65.2 Å². The molecule has 1 fully saturated rings. The Morgan fingerprint density at radius 2 is 1.52 bits per heavy atom. The lowest BCUT2D eigenvalue weighted by atomic mass is 9.84. The van der Waals surface area contributed by atoms with Crippen LogP contribution in [-0.4, -0.2) is 24.7 Å². The number of nitrogens with one attached hydrogen (secondary N) is 1. The number of rotatable bonds is 7. The highest BCUT2D eigenvalue weighted by molar-refractivity contribution is 6.00. The highest BCUT2D eigenvalue weighted by Gasteiger charge is 2.15. The van der Waals surface area contributed by atoms with Gasteiger partial charge < -0.3 is 4.90 Å². The number of hydrogen-bond donors (Lipinski definition) is 1. The van der Waals surface area contributed by atoms with E-state index in [-0.39, 0.29) is 5.91 Å². The van der Waals surface area contributed by atoms with E-state index in [0.29, 0.717) is 11.5 Å². The Kier molecular flexibility index (Phi) is 7.45. The average Bonchev–Trinajstić information content (AvgIpc) is 2.79. The van der Waals surface area contributed by atoms with Crippen LogP contribution in [0.15, 0.2) is 53.6 Å². The van der Waals surface area contributed by atoms with Crippen molar-refractivity contribution in [1.82, 2.24) is 5.43 Å². The predicted octanol–water partition coefficient (Wildman–Crippen LogP) is 5.73. The van der Waals surface area contributed by atoms with Crippen molar-refractivity contribution < 1.29 is 4.79 Å². The zero-order valence-electron chi connectivity index (χ0n) is 17.9. The van der Waals surface area contributed by atoms with Gasteiger partial charge in [-0.15, -0.1) is 0 Å². The smallest absolute Gasteiger partial charge is 0.271 e. The minimum absolute atomic E-state index is 0.186. The van der Waals surface area contributed by atoms with Crippen LogP contribution in [0, 0.1) is 0 Å². The number of carbonyl (C=O) groups is 1. The first-order valence-corrected chi connectivity index (χ1v) is 10.9. The molecule has 154 valence electrons. The van der Waals surface area contributed by atoms with Gasteiger partial charge in [0.1, 0.15) is 0 Å². The summed E-state index contributed by atoms with van der Waals surface area (Å²) >= 11 is 0. The third-order valence-corrected chi connectivity index (χ3v) is 5.99. The summed E-state index contributed by atoms with van der Waals surface area (Å²) in [7, 11) is 0. The van der Waals surface area contributed by atoms with E-state index >= 15 is 0 Å². The fourth-order valence-corrected chi connectivity index (χ4v) is 4.11. The number of anilines is 1. The van der Waals surface area contributed by atoms with E-state index in [1.54, 1.807) is 0 Å². The van der Waals surface area contributed by atoms with Crippen LogP contribution >= 0.6 is 0 Å². The summed E-state index contributed by atoms with van der Waals surface area (Å²) in [6.07, 6.45) is 6.66. The normalized spacial score (nSPS) is 15.2. The standard InChI is InChI=1S/C25H33N3O/c1-4-28(5-2)24-17-15-23(16-18-24)25(29)27-26-19(3)20-11-13-22(14-12-20)21-9-7-6-8-10-21/h11-18,21H,4-10H2,1-3H3,(H,27,29)/b26-19-. The quantitative estimate of drug-likeness (QED) is 0.483. The van der Waals surface area contributed by atoms with Gasteiger partial charge in [0.15, 0.2) is 0 Å². The van der Waals surface area contributed by atoms with Gasteiger partial charge in [-0.25, -0.2) is 5.43 Å². The molecule has 1 N–H and O–H groups in total. The van der Waals surface area contributed by atoms with Crippen LogP contribution < -0.4 is 10.3 Å². The van der Waals surface area contributed by atoms with Crippen molar-refractivity contribution in [2.75, 3.05) is 18.0 Å². The molecule has 0 aromatic heterocycles. The number of hydrazone groups is 1. The summed E-state index contributed by atoms with van der Waals surface area (Å²) < 4.78 is 0. The molecule has 3 rings (SSSR count). The highest BCUT2D eigenvalue weighted by Crippen LogP contribution is 2.32. The van der Waals surface area contributed by atoms with E-state index < -0.39 is 0 Å². The van der Waals surface area contributed by atoms with Gasteiger partial charge in [-0.1, -0.05) is 43.5 Å². The molecule has 0 unspecified atom stereocenters. The maximum atomic E-state index is 12.4. The lowest BCUT2D eigenvalue weighted by Gasteiger charge is -2.22. The largest absolute Gasteiger partial charge is 0.372 e. The third kappa shape index (κ3) is 5.47. The van der Waals surface area contributed by atoms with E-state index in [0.717, 1.165) is 30.1 Å². The lowest BCUT2D eigenvalue weighted by Crippen LogP contribution is -2.22. The van der Waals surface area contributed by atoms with Crippen LogP contribution in [0.3, 0.4) is 0 Å².